The van der Waals surface area contributed by atoms with Crippen LogP contribution in [0.25, 0.3) is 0 Å². The molecule has 0 aromatic heterocycles. The number of nitrogens with one attached hydrogen (secondary N) is 1. The Balaban J connectivity index is 2.75. The first-order chi connectivity index (χ1) is 8.16. The van der Waals surface area contributed by atoms with Crippen LogP contribution in [-0.4, -0.2) is 50.6 Å². The fourth-order valence-electron chi connectivity index (χ4n) is 1.92. The second-order valence-electron chi connectivity index (χ2n) is 5.39. The fourth-order valence-corrected chi connectivity index (χ4v) is 2.36. The summed E-state index contributed by atoms with van der Waals surface area (Å²) in [4.78, 5) is 25.6. The number of hydrogen-bond donors (Lipinski definition) is 1. The number of amides is 2. The van der Waals surface area contributed by atoms with E-state index in [-0.39, 0.29) is 17.1 Å². The average molecular weight is 274 g/mol. The third-order valence-corrected chi connectivity index (χ3v) is 4.79. The number of rotatable bonds is 4. The fraction of sp³-hybridized carbons (Fsp3) is 0.833. The SMILES string of the molecule is CC1C(=O)NC(C)(C)C(=O)N1CCC(C)S(C)=O. The molecule has 5 nitrogen and oxygen atoms in total. The summed E-state index contributed by atoms with van der Waals surface area (Å²) in [6, 6.07) is -0.456. The molecule has 0 aromatic rings. The van der Waals surface area contributed by atoms with Crippen LogP contribution >= 0.6 is 0 Å². The van der Waals surface area contributed by atoms with Crippen molar-refractivity contribution in [2.45, 2.75) is 50.9 Å². The smallest absolute Gasteiger partial charge is 0.248 e. The van der Waals surface area contributed by atoms with E-state index in [1.807, 2.05) is 6.92 Å². The summed E-state index contributed by atoms with van der Waals surface area (Å²) in [5.41, 5.74) is -0.849. The largest absolute Gasteiger partial charge is 0.340 e. The molecule has 6 heteroatoms. The highest BCUT2D eigenvalue weighted by Crippen LogP contribution is 2.18. The summed E-state index contributed by atoms with van der Waals surface area (Å²) < 4.78 is 11.3. The van der Waals surface area contributed by atoms with E-state index in [0.29, 0.717) is 13.0 Å². The van der Waals surface area contributed by atoms with Gasteiger partial charge in [-0.05, 0) is 27.2 Å². The molecule has 1 aliphatic rings. The first-order valence-electron chi connectivity index (χ1n) is 6.12. The van der Waals surface area contributed by atoms with Crippen LogP contribution in [0.1, 0.15) is 34.1 Å². The van der Waals surface area contributed by atoms with Crippen LogP contribution in [0.5, 0.6) is 0 Å². The number of carbonyl (C=O) groups excluding carboxylic acids is 2. The zero-order valence-electron chi connectivity index (χ0n) is 11.6. The molecule has 1 fully saturated rings. The zero-order valence-corrected chi connectivity index (χ0v) is 12.5. The van der Waals surface area contributed by atoms with E-state index < -0.39 is 22.4 Å². The molecule has 104 valence electrons. The molecule has 1 saturated heterocycles. The molecule has 0 saturated carbocycles. The molecule has 3 unspecified atom stereocenters. The third-order valence-electron chi connectivity index (χ3n) is 3.42. The van der Waals surface area contributed by atoms with Crippen molar-refractivity contribution in [3.05, 3.63) is 0 Å². The van der Waals surface area contributed by atoms with Crippen molar-refractivity contribution in [1.29, 1.82) is 0 Å². The van der Waals surface area contributed by atoms with E-state index in [2.05, 4.69) is 5.32 Å². The minimum absolute atomic E-state index is 0.0260. The van der Waals surface area contributed by atoms with Gasteiger partial charge in [0.1, 0.15) is 11.6 Å². The quantitative estimate of drug-likeness (QED) is 0.800. The molecule has 0 bridgehead atoms. The normalized spacial score (nSPS) is 26.7. The first kappa shape index (κ1) is 15.1. The van der Waals surface area contributed by atoms with Crippen molar-refractivity contribution < 1.29 is 13.8 Å². The second-order valence-corrected chi connectivity index (χ2v) is 7.19. The number of nitrogens with zero attached hydrogens (tertiary/aromatic N) is 1. The maximum Gasteiger partial charge on any atom is 0.248 e. The lowest BCUT2D eigenvalue weighted by Crippen LogP contribution is -2.67. The lowest BCUT2D eigenvalue weighted by atomic mass is 9.97. The Labute approximate surface area is 111 Å². The standard InChI is InChI=1S/C12H22N2O3S/c1-8(18(5)17)6-7-14-9(2)10(15)13-12(3,4)11(14)16/h8-9H,6-7H2,1-5H3,(H,13,15). The lowest BCUT2D eigenvalue weighted by molar-refractivity contribution is -0.152. The van der Waals surface area contributed by atoms with Crippen molar-refractivity contribution in [3.63, 3.8) is 0 Å². The van der Waals surface area contributed by atoms with Crippen LogP contribution in [0.4, 0.5) is 0 Å². The Bertz CT molecular complexity index is 382. The van der Waals surface area contributed by atoms with E-state index in [1.54, 1.807) is 31.9 Å². The van der Waals surface area contributed by atoms with Crippen LogP contribution in [-0.2, 0) is 20.4 Å². The van der Waals surface area contributed by atoms with Crippen molar-refractivity contribution in [2.75, 3.05) is 12.8 Å². The van der Waals surface area contributed by atoms with Crippen LogP contribution in [0, 0.1) is 0 Å². The molecule has 3 atom stereocenters. The molecule has 0 aromatic carbocycles. The third kappa shape index (κ3) is 3.10. The van der Waals surface area contributed by atoms with Crippen LogP contribution in [0.15, 0.2) is 0 Å². The van der Waals surface area contributed by atoms with Gasteiger partial charge in [-0.25, -0.2) is 0 Å². The van der Waals surface area contributed by atoms with Gasteiger partial charge in [0.05, 0.1) is 0 Å². The van der Waals surface area contributed by atoms with E-state index >= 15 is 0 Å². The van der Waals surface area contributed by atoms with Gasteiger partial charge in [-0.3, -0.25) is 13.8 Å². The van der Waals surface area contributed by atoms with Gasteiger partial charge in [0.15, 0.2) is 0 Å². The van der Waals surface area contributed by atoms with Gasteiger partial charge < -0.3 is 10.2 Å². The summed E-state index contributed by atoms with van der Waals surface area (Å²) in [6.45, 7) is 7.48. The average Bonchev–Trinajstić information content (AvgIpc) is 2.25. The Morgan fingerprint density at radius 1 is 1.44 bits per heavy atom. The Morgan fingerprint density at radius 3 is 2.50 bits per heavy atom. The first-order valence-corrected chi connectivity index (χ1v) is 7.74. The summed E-state index contributed by atoms with van der Waals surface area (Å²) in [5.74, 6) is -0.214. The predicted octanol–water partition coefficient (Wildman–Crippen LogP) is 0.269. The van der Waals surface area contributed by atoms with Gasteiger partial charge in [0.25, 0.3) is 0 Å². The van der Waals surface area contributed by atoms with Gasteiger partial charge in [-0.1, -0.05) is 6.92 Å². The van der Waals surface area contributed by atoms with Gasteiger partial charge >= 0.3 is 0 Å². The van der Waals surface area contributed by atoms with Gasteiger partial charge in [0.2, 0.25) is 11.8 Å². The minimum Gasteiger partial charge on any atom is -0.340 e. The number of carbonyl (C=O) groups is 2. The molecular weight excluding hydrogens is 252 g/mol. The van der Waals surface area contributed by atoms with E-state index in [1.165, 1.54) is 0 Å². The monoisotopic (exact) mass is 274 g/mol. The molecular formula is C12H22N2O3S. The molecule has 0 aliphatic carbocycles. The van der Waals surface area contributed by atoms with Gasteiger partial charge in [-0.2, -0.15) is 0 Å². The zero-order chi connectivity index (χ0) is 14.1. The minimum atomic E-state index is -0.904. The lowest BCUT2D eigenvalue weighted by Gasteiger charge is -2.41. The van der Waals surface area contributed by atoms with Crippen molar-refractivity contribution in [2.24, 2.45) is 0 Å². The van der Waals surface area contributed by atoms with Gasteiger partial charge in [0, 0.05) is 28.9 Å². The van der Waals surface area contributed by atoms with Crippen molar-refractivity contribution in [1.82, 2.24) is 10.2 Å². The molecule has 1 N–H and O–H groups in total. The van der Waals surface area contributed by atoms with Crippen molar-refractivity contribution in [3.8, 4) is 0 Å². The highest BCUT2D eigenvalue weighted by atomic mass is 32.2. The van der Waals surface area contributed by atoms with E-state index in [4.69, 9.17) is 0 Å². The van der Waals surface area contributed by atoms with Gasteiger partial charge in [-0.15, -0.1) is 0 Å². The second kappa shape index (κ2) is 5.38. The van der Waals surface area contributed by atoms with E-state index in [0.717, 1.165) is 0 Å². The Kier molecular flexibility index (Phi) is 4.53. The molecule has 0 spiro atoms. The number of piperazine rings is 1. The van der Waals surface area contributed by atoms with Crippen LogP contribution in [0.2, 0.25) is 0 Å². The Morgan fingerprint density at radius 2 is 2.00 bits per heavy atom. The summed E-state index contributed by atoms with van der Waals surface area (Å²) in [7, 11) is -0.904. The Hall–Kier alpha value is -0.910. The maximum absolute atomic E-state index is 12.2. The molecule has 1 rings (SSSR count). The maximum atomic E-state index is 12.2. The van der Waals surface area contributed by atoms with Crippen LogP contribution < -0.4 is 5.32 Å². The molecule has 1 heterocycles. The molecule has 2 amide bonds. The highest BCUT2D eigenvalue weighted by molar-refractivity contribution is 7.84. The molecule has 0 radical (unpaired) electrons. The number of hydrogen-bond acceptors (Lipinski definition) is 3. The van der Waals surface area contributed by atoms with Crippen molar-refractivity contribution >= 4 is 22.6 Å². The summed E-state index contributed by atoms with van der Waals surface area (Å²) >= 11 is 0. The summed E-state index contributed by atoms with van der Waals surface area (Å²) in [5, 5.41) is 2.73. The molecule has 18 heavy (non-hydrogen) atoms. The molecule has 1 aliphatic heterocycles. The summed E-state index contributed by atoms with van der Waals surface area (Å²) in [6.07, 6.45) is 2.30. The predicted molar refractivity (Wildman–Crippen MR) is 71.5 cm³/mol. The van der Waals surface area contributed by atoms with Crippen LogP contribution in [0.3, 0.4) is 0 Å². The topological polar surface area (TPSA) is 66.5 Å². The van der Waals surface area contributed by atoms with E-state index in [9.17, 15) is 13.8 Å². The highest BCUT2D eigenvalue weighted by Gasteiger charge is 2.43.